The summed E-state index contributed by atoms with van der Waals surface area (Å²) < 4.78 is 10.7. The van der Waals surface area contributed by atoms with Gasteiger partial charge in [0.2, 0.25) is 0 Å². The molecule has 23 heavy (non-hydrogen) atoms. The number of carbonyl (C=O) groups excluding carboxylic acids is 1. The highest BCUT2D eigenvalue weighted by Gasteiger charge is 2.17. The van der Waals surface area contributed by atoms with Crippen LogP contribution < -0.4 is 10.2 Å². The fourth-order valence-corrected chi connectivity index (χ4v) is 2.63. The van der Waals surface area contributed by atoms with Crippen LogP contribution in [0.5, 0.6) is 0 Å². The van der Waals surface area contributed by atoms with Crippen molar-refractivity contribution >= 4 is 11.7 Å². The van der Waals surface area contributed by atoms with E-state index in [2.05, 4.69) is 22.1 Å². The normalized spacial score (nSPS) is 18.0. The maximum absolute atomic E-state index is 12.0. The Bertz CT molecular complexity index is 666. The molecule has 1 aliphatic rings. The monoisotopic (exact) mass is 315 g/mol. The molecule has 3 heterocycles. The number of furan rings is 1. The lowest BCUT2D eigenvalue weighted by atomic mass is 10.2. The number of hydrogen-bond acceptors (Lipinski definition) is 5. The fraction of sp³-hybridized carbons (Fsp3) is 0.412. The first-order valence-electron chi connectivity index (χ1n) is 7.77. The number of anilines is 1. The van der Waals surface area contributed by atoms with Gasteiger partial charge in [0.15, 0.2) is 0 Å². The molecule has 3 rings (SSSR count). The first-order valence-corrected chi connectivity index (χ1v) is 7.77. The van der Waals surface area contributed by atoms with E-state index in [0.29, 0.717) is 17.9 Å². The van der Waals surface area contributed by atoms with E-state index in [0.717, 1.165) is 31.1 Å². The van der Waals surface area contributed by atoms with Gasteiger partial charge < -0.3 is 19.4 Å². The molecule has 1 atom stereocenters. The van der Waals surface area contributed by atoms with Crippen LogP contribution in [0.15, 0.2) is 35.1 Å². The van der Waals surface area contributed by atoms with Gasteiger partial charge in [0.05, 0.1) is 24.5 Å². The van der Waals surface area contributed by atoms with Crippen LogP contribution in [-0.4, -0.2) is 36.7 Å². The van der Waals surface area contributed by atoms with Gasteiger partial charge in [0.25, 0.3) is 5.91 Å². The average molecular weight is 315 g/mol. The summed E-state index contributed by atoms with van der Waals surface area (Å²) in [5, 5.41) is 2.88. The third-order valence-electron chi connectivity index (χ3n) is 3.93. The Morgan fingerprint density at radius 2 is 2.30 bits per heavy atom. The van der Waals surface area contributed by atoms with Crippen molar-refractivity contribution in [2.24, 2.45) is 0 Å². The number of amides is 1. The predicted molar refractivity (Wildman–Crippen MR) is 86.5 cm³/mol. The number of morpholine rings is 1. The van der Waals surface area contributed by atoms with Gasteiger partial charge in [0.1, 0.15) is 11.6 Å². The minimum atomic E-state index is -0.137. The summed E-state index contributed by atoms with van der Waals surface area (Å²) in [6, 6.07) is 5.65. The summed E-state index contributed by atoms with van der Waals surface area (Å²) in [5.74, 6) is 1.43. The van der Waals surface area contributed by atoms with Crippen molar-refractivity contribution in [1.82, 2.24) is 10.3 Å². The molecular formula is C17H21N3O3. The van der Waals surface area contributed by atoms with Gasteiger partial charge in [-0.05, 0) is 31.5 Å². The van der Waals surface area contributed by atoms with Crippen LogP contribution in [-0.2, 0) is 11.3 Å². The van der Waals surface area contributed by atoms with Gasteiger partial charge >= 0.3 is 0 Å². The van der Waals surface area contributed by atoms with Crippen molar-refractivity contribution in [3.8, 4) is 0 Å². The van der Waals surface area contributed by atoms with Crippen molar-refractivity contribution in [1.29, 1.82) is 0 Å². The minimum Gasteiger partial charge on any atom is -0.469 e. The number of aromatic nitrogens is 1. The maximum atomic E-state index is 12.0. The van der Waals surface area contributed by atoms with Gasteiger partial charge in [-0.25, -0.2) is 4.98 Å². The molecule has 2 aromatic rings. The highest BCUT2D eigenvalue weighted by molar-refractivity contribution is 5.94. The van der Waals surface area contributed by atoms with E-state index in [1.165, 1.54) is 6.26 Å². The lowest BCUT2D eigenvalue weighted by Crippen LogP contribution is -2.41. The van der Waals surface area contributed by atoms with Crippen LogP contribution in [0.3, 0.4) is 0 Å². The molecule has 0 aliphatic carbocycles. The fourth-order valence-electron chi connectivity index (χ4n) is 2.63. The quantitative estimate of drug-likeness (QED) is 0.936. The SMILES string of the molecule is Cc1occc1C(=O)NCc1ccc(N2CCOC(C)C2)nc1. The van der Waals surface area contributed by atoms with Crippen LogP contribution in [0.2, 0.25) is 0 Å². The summed E-state index contributed by atoms with van der Waals surface area (Å²) in [6.45, 7) is 6.71. The third-order valence-corrected chi connectivity index (χ3v) is 3.93. The number of ether oxygens (including phenoxy) is 1. The molecule has 1 amide bonds. The summed E-state index contributed by atoms with van der Waals surface area (Å²) in [4.78, 5) is 18.7. The predicted octanol–water partition coefficient (Wildman–Crippen LogP) is 2.14. The van der Waals surface area contributed by atoms with Gasteiger partial charge in [-0.1, -0.05) is 6.07 Å². The minimum absolute atomic E-state index is 0.137. The highest BCUT2D eigenvalue weighted by Crippen LogP contribution is 2.15. The topological polar surface area (TPSA) is 67.6 Å². The second-order valence-electron chi connectivity index (χ2n) is 5.73. The van der Waals surface area contributed by atoms with Crippen LogP contribution in [0, 0.1) is 6.92 Å². The summed E-state index contributed by atoms with van der Waals surface area (Å²) >= 11 is 0. The number of hydrogen-bond donors (Lipinski definition) is 1. The number of nitrogens with one attached hydrogen (secondary N) is 1. The summed E-state index contributed by atoms with van der Waals surface area (Å²) in [6.07, 6.45) is 3.55. The van der Waals surface area contributed by atoms with Gasteiger partial charge in [-0.2, -0.15) is 0 Å². The first kappa shape index (κ1) is 15.6. The molecule has 0 bridgehead atoms. The van der Waals surface area contributed by atoms with Gasteiger partial charge in [0, 0.05) is 25.8 Å². The van der Waals surface area contributed by atoms with E-state index in [4.69, 9.17) is 9.15 Å². The molecule has 122 valence electrons. The van der Waals surface area contributed by atoms with Crippen LogP contribution in [0.4, 0.5) is 5.82 Å². The number of nitrogens with zero attached hydrogens (tertiary/aromatic N) is 2. The van der Waals surface area contributed by atoms with Crippen molar-refractivity contribution < 1.29 is 13.9 Å². The molecule has 1 N–H and O–H groups in total. The lowest BCUT2D eigenvalue weighted by Gasteiger charge is -2.32. The molecular weight excluding hydrogens is 294 g/mol. The van der Waals surface area contributed by atoms with E-state index in [9.17, 15) is 4.79 Å². The zero-order chi connectivity index (χ0) is 16.2. The van der Waals surface area contributed by atoms with E-state index < -0.39 is 0 Å². The van der Waals surface area contributed by atoms with E-state index >= 15 is 0 Å². The Hall–Kier alpha value is -2.34. The van der Waals surface area contributed by atoms with Crippen LogP contribution in [0.1, 0.15) is 28.6 Å². The molecule has 0 saturated carbocycles. The van der Waals surface area contributed by atoms with E-state index in [-0.39, 0.29) is 12.0 Å². The smallest absolute Gasteiger partial charge is 0.255 e. The van der Waals surface area contributed by atoms with E-state index in [1.807, 2.05) is 12.1 Å². The molecule has 1 aliphatic heterocycles. The van der Waals surface area contributed by atoms with Crippen LogP contribution in [0.25, 0.3) is 0 Å². The summed E-state index contributed by atoms with van der Waals surface area (Å²) in [5.41, 5.74) is 1.53. The summed E-state index contributed by atoms with van der Waals surface area (Å²) in [7, 11) is 0. The number of carbonyl (C=O) groups is 1. The molecule has 1 unspecified atom stereocenters. The van der Waals surface area contributed by atoms with Crippen molar-refractivity contribution in [2.75, 3.05) is 24.6 Å². The van der Waals surface area contributed by atoms with Crippen molar-refractivity contribution in [2.45, 2.75) is 26.5 Å². The molecule has 0 radical (unpaired) electrons. The zero-order valence-electron chi connectivity index (χ0n) is 13.4. The molecule has 1 saturated heterocycles. The van der Waals surface area contributed by atoms with Crippen molar-refractivity contribution in [3.63, 3.8) is 0 Å². The molecule has 6 nitrogen and oxygen atoms in total. The van der Waals surface area contributed by atoms with Crippen LogP contribution >= 0.6 is 0 Å². The molecule has 1 fully saturated rings. The van der Waals surface area contributed by atoms with Gasteiger partial charge in [-0.15, -0.1) is 0 Å². The van der Waals surface area contributed by atoms with Gasteiger partial charge in [-0.3, -0.25) is 4.79 Å². The zero-order valence-corrected chi connectivity index (χ0v) is 13.4. The number of pyridine rings is 1. The molecule has 6 heteroatoms. The first-order chi connectivity index (χ1) is 11.1. The highest BCUT2D eigenvalue weighted by atomic mass is 16.5. The molecule has 0 aromatic carbocycles. The maximum Gasteiger partial charge on any atom is 0.255 e. The van der Waals surface area contributed by atoms with E-state index in [1.54, 1.807) is 19.2 Å². The Morgan fingerprint density at radius 1 is 1.43 bits per heavy atom. The lowest BCUT2D eigenvalue weighted by molar-refractivity contribution is 0.0529. The number of rotatable bonds is 4. The third kappa shape index (κ3) is 3.71. The molecule has 0 spiro atoms. The second kappa shape index (κ2) is 6.83. The molecule has 2 aromatic heterocycles. The Kier molecular flexibility index (Phi) is 4.62. The Morgan fingerprint density at radius 3 is 2.96 bits per heavy atom. The largest absolute Gasteiger partial charge is 0.469 e. The number of aryl methyl sites for hydroxylation is 1. The Balaban J connectivity index is 1.57. The standard InChI is InChI=1S/C17H21N3O3/c1-12-11-20(6-8-22-12)16-4-3-14(9-18-16)10-19-17(21)15-5-7-23-13(15)2/h3-5,7,9,12H,6,8,10-11H2,1-2H3,(H,19,21). The second-order valence-corrected chi connectivity index (χ2v) is 5.73. The average Bonchev–Trinajstić information content (AvgIpc) is 2.99. The Labute approximate surface area is 135 Å². The van der Waals surface area contributed by atoms with Crippen molar-refractivity contribution in [3.05, 3.63) is 47.5 Å².